The van der Waals surface area contributed by atoms with E-state index in [0.717, 1.165) is 0 Å². The summed E-state index contributed by atoms with van der Waals surface area (Å²) in [5.41, 5.74) is 3.80. The molecule has 0 bridgehead atoms. The third-order valence-corrected chi connectivity index (χ3v) is 4.79. The van der Waals surface area contributed by atoms with Crippen LogP contribution in [0.25, 0.3) is 0 Å². The van der Waals surface area contributed by atoms with E-state index in [9.17, 15) is 9.59 Å². The van der Waals surface area contributed by atoms with Crippen LogP contribution in [-0.4, -0.2) is 46.0 Å². The van der Waals surface area contributed by atoms with Gasteiger partial charge in [0.25, 0.3) is 5.91 Å². The summed E-state index contributed by atoms with van der Waals surface area (Å²) in [6.07, 6.45) is 1.47. The van der Waals surface area contributed by atoms with Crippen LogP contribution in [0.3, 0.4) is 0 Å². The van der Waals surface area contributed by atoms with E-state index in [2.05, 4.69) is 10.5 Å². The molecule has 3 rings (SSSR count). The van der Waals surface area contributed by atoms with E-state index in [0.29, 0.717) is 40.7 Å². The Kier molecular flexibility index (Phi) is 8.66. The second kappa shape index (κ2) is 12.1. The third kappa shape index (κ3) is 6.29. The van der Waals surface area contributed by atoms with E-state index in [-0.39, 0.29) is 17.2 Å². The molecule has 9 heteroatoms. The number of hydrazone groups is 1. The molecule has 9 nitrogen and oxygen atoms in total. The van der Waals surface area contributed by atoms with Gasteiger partial charge >= 0.3 is 5.97 Å². The van der Waals surface area contributed by atoms with Crippen molar-refractivity contribution >= 4 is 18.1 Å². The maximum atomic E-state index is 12.9. The van der Waals surface area contributed by atoms with E-state index in [1.54, 1.807) is 42.5 Å². The zero-order valence-electron chi connectivity index (χ0n) is 19.9. The lowest BCUT2D eigenvalue weighted by Gasteiger charge is -2.15. The molecule has 0 fully saturated rings. The lowest BCUT2D eigenvalue weighted by molar-refractivity contribution is 0.0727. The Hall–Kier alpha value is -4.53. The summed E-state index contributed by atoms with van der Waals surface area (Å²) in [5.74, 6) is 0.609. The Bertz CT molecular complexity index is 1180. The van der Waals surface area contributed by atoms with Crippen LogP contribution in [0.5, 0.6) is 28.7 Å². The molecule has 3 aromatic carbocycles. The number of rotatable bonds is 10. The highest BCUT2D eigenvalue weighted by Crippen LogP contribution is 2.38. The van der Waals surface area contributed by atoms with Gasteiger partial charge in [-0.15, -0.1) is 0 Å². The fraction of sp³-hybridized carbons (Fsp3) is 0.192. The number of carbonyl (C=O) groups excluding carboxylic acids is 2. The van der Waals surface area contributed by atoms with Crippen molar-refractivity contribution in [2.45, 2.75) is 6.92 Å². The smallest absolute Gasteiger partial charge is 0.343 e. The van der Waals surface area contributed by atoms with Crippen LogP contribution in [-0.2, 0) is 0 Å². The zero-order valence-corrected chi connectivity index (χ0v) is 19.9. The molecule has 0 spiro atoms. The van der Waals surface area contributed by atoms with Gasteiger partial charge in [0, 0.05) is 5.56 Å². The fourth-order valence-electron chi connectivity index (χ4n) is 3.13. The number of amides is 1. The number of nitrogens with one attached hydrogen (secondary N) is 1. The molecule has 1 amide bonds. The highest BCUT2D eigenvalue weighted by molar-refractivity contribution is 5.95. The molecule has 0 aromatic heterocycles. The maximum Gasteiger partial charge on any atom is 0.343 e. The van der Waals surface area contributed by atoms with E-state index in [4.69, 9.17) is 23.7 Å². The largest absolute Gasteiger partial charge is 0.493 e. The molecule has 0 aliphatic carbocycles. The first kappa shape index (κ1) is 25.1. The average molecular weight is 479 g/mol. The molecule has 182 valence electrons. The van der Waals surface area contributed by atoms with E-state index < -0.39 is 5.97 Å². The molecule has 0 heterocycles. The van der Waals surface area contributed by atoms with Crippen molar-refractivity contribution in [3.05, 3.63) is 77.4 Å². The summed E-state index contributed by atoms with van der Waals surface area (Å²) >= 11 is 0. The van der Waals surface area contributed by atoms with Crippen LogP contribution in [0.4, 0.5) is 0 Å². The van der Waals surface area contributed by atoms with Gasteiger partial charge in [0.15, 0.2) is 23.0 Å². The lowest BCUT2D eigenvalue weighted by atomic mass is 10.1. The first-order valence-corrected chi connectivity index (χ1v) is 10.7. The highest BCUT2D eigenvalue weighted by atomic mass is 16.6. The molecule has 0 unspecified atom stereocenters. The van der Waals surface area contributed by atoms with Crippen LogP contribution in [0.1, 0.15) is 33.2 Å². The Labute approximate surface area is 203 Å². The quantitative estimate of drug-likeness (QED) is 0.202. The predicted octanol–water partition coefficient (Wildman–Crippen LogP) is 4.09. The lowest BCUT2D eigenvalue weighted by Crippen LogP contribution is -2.17. The van der Waals surface area contributed by atoms with Crippen molar-refractivity contribution in [1.82, 2.24) is 5.43 Å². The summed E-state index contributed by atoms with van der Waals surface area (Å²) < 4.78 is 27.1. The standard InChI is InChI=1S/C26H26N2O7/c1-5-34-21-13-17(16-27-28-25(29)18-9-7-6-8-10-18)11-12-20(21)35-26(30)19-14-22(31-2)24(33-4)23(15-19)32-3/h6-16H,5H2,1-4H3,(H,28,29)/b27-16+. The second-order valence-corrected chi connectivity index (χ2v) is 7.01. The number of methoxy groups -OCH3 is 3. The molecule has 35 heavy (non-hydrogen) atoms. The van der Waals surface area contributed by atoms with Crippen molar-refractivity contribution in [2.75, 3.05) is 27.9 Å². The fourth-order valence-corrected chi connectivity index (χ4v) is 3.13. The molecule has 0 radical (unpaired) electrons. The van der Waals surface area contributed by atoms with Gasteiger partial charge in [-0.25, -0.2) is 10.2 Å². The summed E-state index contributed by atoms with van der Waals surface area (Å²) in [6.45, 7) is 2.16. The van der Waals surface area contributed by atoms with Gasteiger partial charge in [-0.05, 0) is 55.0 Å². The van der Waals surface area contributed by atoms with Gasteiger partial charge in [0.2, 0.25) is 5.75 Å². The Balaban J connectivity index is 1.78. The van der Waals surface area contributed by atoms with Crippen LogP contribution in [0, 0.1) is 0 Å². The van der Waals surface area contributed by atoms with Crippen molar-refractivity contribution in [1.29, 1.82) is 0 Å². The van der Waals surface area contributed by atoms with E-state index >= 15 is 0 Å². The number of hydrogen-bond donors (Lipinski definition) is 1. The zero-order chi connectivity index (χ0) is 25.2. The molecule has 0 saturated carbocycles. The van der Waals surface area contributed by atoms with Crippen LogP contribution >= 0.6 is 0 Å². The number of esters is 1. The topological polar surface area (TPSA) is 105 Å². The van der Waals surface area contributed by atoms with Gasteiger partial charge in [-0.1, -0.05) is 18.2 Å². The van der Waals surface area contributed by atoms with Crippen molar-refractivity contribution in [3.63, 3.8) is 0 Å². The van der Waals surface area contributed by atoms with Gasteiger partial charge in [-0.3, -0.25) is 4.79 Å². The molecular formula is C26H26N2O7. The van der Waals surface area contributed by atoms with Crippen LogP contribution in [0.2, 0.25) is 0 Å². The summed E-state index contributed by atoms with van der Waals surface area (Å²) in [4.78, 5) is 25.0. The number of hydrogen-bond acceptors (Lipinski definition) is 8. The van der Waals surface area contributed by atoms with Crippen molar-refractivity contribution < 1.29 is 33.3 Å². The van der Waals surface area contributed by atoms with Crippen molar-refractivity contribution in [3.8, 4) is 28.7 Å². The van der Waals surface area contributed by atoms with Gasteiger partial charge in [0.05, 0.1) is 39.7 Å². The number of ether oxygens (including phenoxy) is 5. The normalized spacial score (nSPS) is 10.5. The number of nitrogens with zero attached hydrogens (tertiary/aromatic N) is 1. The highest BCUT2D eigenvalue weighted by Gasteiger charge is 2.19. The van der Waals surface area contributed by atoms with Gasteiger partial charge < -0.3 is 23.7 Å². The molecular weight excluding hydrogens is 452 g/mol. The first-order valence-electron chi connectivity index (χ1n) is 10.7. The Morgan fingerprint density at radius 1 is 0.829 bits per heavy atom. The molecule has 0 aliphatic heterocycles. The average Bonchev–Trinajstić information content (AvgIpc) is 2.89. The molecule has 3 aromatic rings. The van der Waals surface area contributed by atoms with Gasteiger partial charge in [0.1, 0.15) is 0 Å². The second-order valence-electron chi connectivity index (χ2n) is 7.01. The van der Waals surface area contributed by atoms with E-state index in [1.165, 1.54) is 39.7 Å². The van der Waals surface area contributed by atoms with Gasteiger partial charge in [-0.2, -0.15) is 5.10 Å². The van der Waals surface area contributed by atoms with Crippen LogP contribution < -0.4 is 29.1 Å². The first-order chi connectivity index (χ1) is 17.0. The molecule has 0 aliphatic rings. The number of carbonyl (C=O) groups is 2. The molecule has 1 N–H and O–H groups in total. The molecule has 0 atom stereocenters. The minimum Gasteiger partial charge on any atom is -0.493 e. The van der Waals surface area contributed by atoms with E-state index in [1.807, 2.05) is 13.0 Å². The maximum absolute atomic E-state index is 12.9. The third-order valence-electron chi connectivity index (χ3n) is 4.79. The summed E-state index contributed by atoms with van der Waals surface area (Å²) in [6, 6.07) is 16.7. The summed E-state index contributed by atoms with van der Waals surface area (Å²) in [5, 5.41) is 3.98. The monoisotopic (exact) mass is 478 g/mol. The number of benzene rings is 3. The summed E-state index contributed by atoms with van der Waals surface area (Å²) in [7, 11) is 4.40. The minimum absolute atomic E-state index is 0.205. The molecule has 0 saturated heterocycles. The minimum atomic E-state index is -0.637. The SMILES string of the molecule is CCOc1cc(/C=N/NC(=O)c2ccccc2)ccc1OC(=O)c1cc(OC)c(OC)c(OC)c1. The Morgan fingerprint density at radius 2 is 1.51 bits per heavy atom. The van der Waals surface area contributed by atoms with Crippen molar-refractivity contribution in [2.24, 2.45) is 5.10 Å². The van der Waals surface area contributed by atoms with Crippen LogP contribution in [0.15, 0.2) is 65.8 Å². The Morgan fingerprint density at radius 3 is 2.11 bits per heavy atom. The predicted molar refractivity (Wildman–Crippen MR) is 130 cm³/mol.